The highest BCUT2D eigenvalue weighted by molar-refractivity contribution is 5.75. The normalized spacial score (nSPS) is 16.6. The number of benzene rings is 1. The molecule has 0 atom stereocenters. The molecule has 1 aromatic heterocycles. The van der Waals surface area contributed by atoms with Crippen molar-refractivity contribution in [1.29, 1.82) is 0 Å². The van der Waals surface area contributed by atoms with Gasteiger partial charge >= 0.3 is 0 Å². The highest BCUT2D eigenvalue weighted by Gasteiger charge is 2.40. The predicted octanol–water partition coefficient (Wildman–Crippen LogP) is 1.70. The van der Waals surface area contributed by atoms with Gasteiger partial charge in [-0.25, -0.2) is 4.98 Å². The van der Waals surface area contributed by atoms with Crippen LogP contribution in [0.15, 0.2) is 24.3 Å². The molecule has 2 aromatic rings. The Labute approximate surface area is 129 Å². The maximum atomic E-state index is 11.0. The van der Waals surface area contributed by atoms with E-state index >= 15 is 0 Å². The number of carbonyl (C=O) groups excluding carboxylic acids is 1. The molecule has 1 fully saturated rings. The van der Waals surface area contributed by atoms with Crippen LogP contribution in [0.4, 0.5) is 0 Å². The molecule has 1 heterocycles. The molecule has 1 aliphatic carbocycles. The molecule has 116 valence electrons. The fourth-order valence-electron chi connectivity index (χ4n) is 3.28. The number of nitrogens with two attached hydrogens (primary N) is 1. The Morgan fingerprint density at radius 1 is 1.32 bits per heavy atom. The van der Waals surface area contributed by atoms with Crippen LogP contribution in [0.2, 0.25) is 0 Å². The number of H-pyrrole nitrogens is 1. The summed E-state index contributed by atoms with van der Waals surface area (Å²) in [7, 11) is 1.66. The second-order valence-electron chi connectivity index (χ2n) is 5.77. The van der Waals surface area contributed by atoms with Gasteiger partial charge in [0.15, 0.2) is 5.82 Å². The van der Waals surface area contributed by atoms with Crippen LogP contribution in [0.1, 0.15) is 42.9 Å². The molecule has 6 nitrogen and oxygen atoms in total. The average molecular weight is 300 g/mol. The van der Waals surface area contributed by atoms with Crippen molar-refractivity contribution in [3.05, 3.63) is 41.5 Å². The molecule has 22 heavy (non-hydrogen) atoms. The average Bonchev–Trinajstić information content (AvgIpc) is 3.16. The van der Waals surface area contributed by atoms with Crippen molar-refractivity contribution in [3.8, 4) is 5.75 Å². The zero-order chi connectivity index (χ0) is 15.6. The number of aromatic amines is 1. The predicted molar refractivity (Wildman–Crippen MR) is 81.5 cm³/mol. The number of amides is 1. The third kappa shape index (κ3) is 2.56. The molecule has 0 bridgehead atoms. The van der Waals surface area contributed by atoms with E-state index in [1.165, 1.54) is 5.56 Å². The van der Waals surface area contributed by atoms with Crippen molar-refractivity contribution in [2.45, 2.75) is 37.5 Å². The Morgan fingerprint density at radius 3 is 2.59 bits per heavy atom. The van der Waals surface area contributed by atoms with Gasteiger partial charge < -0.3 is 10.5 Å². The number of nitrogens with zero attached hydrogens (tertiary/aromatic N) is 2. The fraction of sp³-hybridized carbons (Fsp3) is 0.438. The van der Waals surface area contributed by atoms with E-state index in [-0.39, 0.29) is 11.8 Å². The second kappa shape index (κ2) is 5.79. The van der Waals surface area contributed by atoms with E-state index < -0.39 is 5.91 Å². The van der Waals surface area contributed by atoms with Crippen LogP contribution in [-0.2, 0) is 16.6 Å². The lowest BCUT2D eigenvalue weighted by Gasteiger charge is -2.26. The zero-order valence-electron chi connectivity index (χ0n) is 12.6. The molecule has 1 saturated carbocycles. The topological polar surface area (TPSA) is 93.9 Å². The maximum absolute atomic E-state index is 11.0. The largest absolute Gasteiger partial charge is 0.497 e. The van der Waals surface area contributed by atoms with Crippen molar-refractivity contribution >= 4 is 5.91 Å². The molecule has 0 saturated heterocycles. The van der Waals surface area contributed by atoms with Crippen LogP contribution in [0.25, 0.3) is 0 Å². The Hall–Kier alpha value is -2.37. The van der Waals surface area contributed by atoms with Crippen molar-refractivity contribution in [3.63, 3.8) is 0 Å². The van der Waals surface area contributed by atoms with Crippen LogP contribution in [0.3, 0.4) is 0 Å². The van der Waals surface area contributed by atoms with Gasteiger partial charge in [-0.15, -0.1) is 0 Å². The number of ether oxygens (including phenoxy) is 1. The van der Waals surface area contributed by atoms with E-state index in [9.17, 15) is 4.79 Å². The lowest BCUT2D eigenvalue weighted by atomic mass is 9.78. The number of methoxy groups -OCH3 is 1. The molecule has 0 spiro atoms. The smallest absolute Gasteiger partial charge is 0.225 e. The number of hydrogen-bond acceptors (Lipinski definition) is 4. The SMILES string of the molecule is COc1ccc(C2(c3n[nH]c(CC(N)=O)n3)CCCC2)cc1. The van der Waals surface area contributed by atoms with E-state index in [2.05, 4.69) is 27.3 Å². The van der Waals surface area contributed by atoms with Crippen molar-refractivity contribution in [2.75, 3.05) is 7.11 Å². The molecular weight excluding hydrogens is 280 g/mol. The van der Waals surface area contributed by atoms with E-state index in [1.807, 2.05) is 12.1 Å². The van der Waals surface area contributed by atoms with Gasteiger partial charge in [-0.1, -0.05) is 25.0 Å². The third-order valence-corrected chi connectivity index (χ3v) is 4.40. The first-order valence-electron chi connectivity index (χ1n) is 7.49. The maximum Gasteiger partial charge on any atom is 0.225 e. The van der Waals surface area contributed by atoms with Gasteiger partial charge in [0, 0.05) is 0 Å². The van der Waals surface area contributed by atoms with E-state index in [0.29, 0.717) is 5.82 Å². The minimum absolute atomic E-state index is 0.0890. The summed E-state index contributed by atoms with van der Waals surface area (Å²) in [6, 6.07) is 8.08. The fourth-order valence-corrected chi connectivity index (χ4v) is 3.28. The Kier molecular flexibility index (Phi) is 3.83. The van der Waals surface area contributed by atoms with E-state index in [4.69, 9.17) is 10.5 Å². The molecule has 1 amide bonds. The minimum Gasteiger partial charge on any atom is -0.497 e. The standard InChI is InChI=1S/C16H20N4O2/c1-22-12-6-4-11(5-7-12)16(8-2-3-9-16)15-18-14(19-20-15)10-13(17)21/h4-7H,2-3,8-10H2,1H3,(H2,17,21)(H,18,19,20). The second-order valence-corrected chi connectivity index (χ2v) is 5.77. The van der Waals surface area contributed by atoms with Gasteiger partial charge in [-0.2, -0.15) is 5.10 Å². The number of carbonyl (C=O) groups is 1. The molecule has 3 rings (SSSR count). The summed E-state index contributed by atoms with van der Waals surface area (Å²) in [6.45, 7) is 0. The van der Waals surface area contributed by atoms with E-state index in [1.54, 1.807) is 7.11 Å². The molecule has 1 aliphatic rings. The third-order valence-electron chi connectivity index (χ3n) is 4.40. The van der Waals surface area contributed by atoms with Gasteiger partial charge in [-0.05, 0) is 30.5 Å². The van der Waals surface area contributed by atoms with Crippen LogP contribution in [-0.4, -0.2) is 28.2 Å². The van der Waals surface area contributed by atoms with Crippen molar-refractivity contribution in [2.24, 2.45) is 5.73 Å². The summed E-state index contributed by atoms with van der Waals surface area (Å²) in [5.41, 5.74) is 6.23. The number of rotatable bonds is 5. The minimum atomic E-state index is -0.410. The number of aromatic nitrogens is 3. The van der Waals surface area contributed by atoms with Gasteiger partial charge in [0.25, 0.3) is 0 Å². The van der Waals surface area contributed by atoms with Gasteiger partial charge in [0.05, 0.1) is 18.9 Å². The van der Waals surface area contributed by atoms with Gasteiger partial charge in [0.1, 0.15) is 11.6 Å². The molecule has 0 radical (unpaired) electrons. The summed E-state index contributed by atoms with van der Waals surface area (Å²) in [4.78, 5) is 15.6. The number of nitrogens with one attached hydrogen (secondary N) is 1. The molecule has 6 heteroatoms. The zero-order valence-corrected chi connectivity index (χ0v) is 12.6. The van der Waals surface area contributed by atoms with Crippen molar-refractivity contribution in [1.82, 2.24) is 15.2 Å². The van der Waals surface area contributed by atoms with Crippen LogP contribution < -0.4 is 10.5 Å². The molecule has 0 aliphatic heterocycles. The Morgan fingerprint density at radius 2 is 2.00 bits per heavy atom. The monoisotopic (exact) mass is 300 g/mol. The highest BCUT2D eigenvalue weighted by Crippen LogP contribution is 2.45. The number of primary amides is 1. The van der Waals surface area contributed by atoms with Gasteiger partial charge in [-0.3, -0.25) is 9.89 Å². The lowest BCUT2D eigenvalue weighted by Crippen LogP contribution is -2.25. The van der Waals surface area contributed by atoms with Crippen molar-refractivity contribution < 1.29 is 9.53 Å². The summed E-state index contributed by atoms with van der Waals surface area (Å²) >= 11 is 0. The van der Waals surface area contributed by atoms with Gasteiger partial charge in [0.2, 0.25) is 5.91 Å². The summed E-state index contributed by atoms with van der Waals surface area (Å²) in [6.07, 6.45) is 4.39. The number of hydrogen-bond donors (Lipinski definition) is 2. The molecule has 1 aromatic carbocycles. The van der Waals surface area contributed by atoms with Crippen LogP contribution in [0.5, 0.6) is 5.75 Å². The molecular formula is C16H20N4O2. The first-order valence-corrected chi connectivity index (χ1v) is 7.49. The van der Waals surface area contributed by atoms with Crippen LogP contribution in [0, 0.1) is 0 Å². The highest BCUT2D eigenvalue weighted by atomic mass is 16.5. The molecule has 0 unspecified atom stereocenters. The summed E-state index contributed by atoms with van der Waals surface area (Å²) in [5.74, 6) is 1.71. The Balaban J connectivity index is 1.97. The van der Waals surface area contributed by atoms with Crippen LogP contribution >= 0.6 is 0 Å². The summed E-state index contributed by atoms with van der Waals surface area (Å²) < 4.78 is 5.23. The quantitative estimate of drug-likeness (QED) is 0.878. The Bertz CT molecular complexity index is 657. The first-order chi connectivity index (χ1) is 10.6. The lowest BCUT2D eigenvalue weighted by molar-refractivity contribution is -0.117. The molecule has 3 N–H and O–H groups in total. The summed E-state index contributed by atoms with van der Waals surface area (Å²) in [5, 5.41) is 7.21. The van der Waals surface area contributed by atoms with E-state index in [0.717, 1.165) is 37.3 Å². The first kappa shape index (κ1) is 14.6.